The lowest BCUT2D eigenvalue weighted by Gasteiger charge is -2.46. The fourth-order valence-electron chi connectivity index (χ4n) is 5.42. The van der Waals surface area contributed by atoms with Crippen LogP contribution in [-0.2, 0) is 21.4 Å². The van der Waals surface area contributed by atoms with Gasteiger partial charge in [0.1, 0.15) is 17.5 Å². The predicted octanol–water partition coefficient (Wildman–Crippen LogP) is 3.26. The van der Waals surface area contributed by atoms with E-state index >= 15 is 0 Å². The molecule has 2 aliphatic heterocycles. The van der Waals surface area contributed by atoms with Gasteiger partial charge in [-0.1, -0.05) is 25.1 Å². The SMILES string of the molecule is CC(=O)N1CCC(Cc2ccccc2F)(C(=O)N2CCC(C)(c3cc(N)nc(C)n3)CC2)CC1. The number of halogens is 1. The number of carbonyl (C=O) groups excluding carboxylic acids is 2. The van der Waals surface area contributed by atoms with Crippen molar-refractivity contribution in [2.75, 3.05) is 31.9 Å². The van der Waals surface area contributed by atoms with Crippen LogP contribution in [0.2, 0.25) is 0 Å². The predicted molar refractivity (Wildman–Crippen MR) is 128 cm³/mol. The molecule has 0 bridgehead atoms. The van der Waals surface area contributed by atoms with E-state index in [1.165, 1.54) is 6.07 Å². The van der Waals surface area contributed by atoms with E-state index in [2.05, 4.69) is 16.9 Å². The summed E-state index contributed by atoms with van der Waals surface area (Å²) in [5, 5.41) is 0. The summed E-state index contributed by atoms with van der Waals surface area (Å²) in [5.41, 5.74) is 6.54. The Hall–Kier alpha value is -3.03. The lowest BCUT2D eigenvalue weighted by atomic mass is 9.71. The molecule has 0 atom stereocenters. The number of amides is 2. The minimum absolute atomic E-state index is 0.0140. The van der Waals surface area contributed by atoms with E-state index in [1.807, 2.05) is 24.0 Å². The van der Waals surface area contributed by atoms with Gasteiger partial charge < -0.3 is 15.5 Å². The summed E-state index contributed by atoms with van der Waals surface area (Å²) in [6.07, 6.45) is 2.96. The summed E-state index contributed by atoms with van der Waals surface area (Å²) >= 11 is 0. The molecule has 3 heterocycles. The highest BCUT2D eigenvalue weighted by Gasteiger charge is 2.46. The number of hydrogen-bond donors (Lipinski definition) is 1. The minimum atomic E-state index is -0.710. The molecule has 2 aromatic rings. The molecule has 2 fully saturated rings. The first-order valence-electron chi connectivity index (χ1n) is 12.0. The lowest BCUT2D eigenvalue weighted by Crippen LogP contribution is -2.54. The van der Waals surface area contributed by atoms with Gasteiger partial charge in [-0.2, -0.15) is 0 Å². The van der Waals surface area contributed by atoms with Crippen molar-refractivity contribution in [2.45, 2.75) is 58.3 Å². The summed E-state index contributed by atoms with van der Waals surface area (Å²) < 4.78 is 14.6. The number of aromatic nitrogens is 2. The second-order valence-electron chi connectivity index (χ2n) is 10.1. The Labute approximate surface area is 200 Å². The topological polar surface area (TPSA) is 92.4 Å². The molecule has 0 unspecified atom stereocenters. The van der Waals surface area contributed by atoms with Gasteiger partial charge in [0.25, 0.3) is 0 Å². The Kier molecular flexibility index (Phi) is 6.60. The molecule has 8 heteroatoms. The zero-order valence-corrected chi connectivity index (χ0v) is 20.3. The first kappa shape index (κ1) is 24.1. The standard InChI is InChI=1S/C26H34FN5O2/c1-18-29-22(16-23(28)30-18)25(3)8-12-32(13-9-25)24(34)26(10-14-31(15-11-26)19(2)33)17-20-6-4-5-7-21(20)27/h4-7,16H,8-15,17H2,1-3H3,(H2,28,29,30). The molecule has 7 nitrogen and oxygen atoms in total. The highest BCUT2D eigenvalue weighted by Crippen LogP contribution is 2.41. The molecule has 4 rings (SSSR count). The van der Waals surface area contributed by atoms with Crippen LogP contribution in [0.15, 0.2) is 30.3 Å². The number of anilines is 1. The van der Waals surface area contributed by atoms with Crippen LogP contribution in [-0.4, -0.2) is 57.8 Å². The number of piperidine rings is 2. The van der Waals surface area contributed by atoms with Crippen LogP contribution in [0.4, 0.5) is 10.2 Å². The van der Waals surface area contributed by atoms with Gasteiger partial charge in [-0.15, -0.1) is 0 Å². The Morgan fingerprint density at radius 2 is 1.65 bits per heavy atom. The molecule has 182 valence electrons. The molecule has 1 aromatic carbocycles. The van der Waals surface area contributed by atoms with E-state index in [1.54, 1.807) is 24.0 Å². The van der Waals surface area contributed by atoms with Crippen LogP contribution in [0, 0.1) is 18.2 Å². The molecular formula is C26H34FN5O2. The van der Waals surface area contributed by atoms with Crippen molar-refractivity contribution in [3.05, 3.63) is 53.2 Å². The van der Waals surface area contributed by atoms with Crippen molar-refractivity contribution in [2.24, 2.45) is 5.41 Å². The molecule has 2 amide bonds. The highest BCUT2D eigenvalue weighted by molar-refractivity contribution is 5.84. The smallest absolute Gasteiger partial charge is 0.229 e. The van der Waals surface area contributed by atoms with E-state index in [9.17, 15) is 14.0 Å². The second kappa shape index (κ2) is 9.31. The van der Waals surface area contributed by atoms with Crippen molar-refractivity contribution in [3.63, 3.8) is 0 Å². The summed E-state index contributed by atoms with van der Waals surface area (Å²) in [6.45, 7) is 7.79. The maximum absolute atomic E-state index is 14.6. The number of likely N-dealkylation sites (tertiary alicyclic amines) is 2. The van der Waals surface area contributed by atoms with Crippen LogP contribution in [0.5, 0.6) is 0 Å². The largest absolute Gasteiger partial charge is 0.384 e. The number of nitrogens with zero attached hydrogens (tertiary/aromatic N) is 4. The number of carbonyl (C=O) groups is 2. The number of rotatable bonds is 4. The maximum Gasteiger partial charge on any atom is 0.229 e. The van der Waals surface area contributed by atoms with Gasteiger partial charge in [0.15, 0.2) is 0 Å². The molecule has 0 radical (unpaired) electrons. The van der Waals surface area contributed by atoms with E-state index in [-0.39, 0.29) is 23.0 Å². The average Bonchev–Trinajstić information content (AvgIpc) is 2.80. The molecule has 2 N–H and O–H groups in total. The first-order chi connectivity index (χ1) is 16.1. The number of aryl methyl sites for hydroxylation is 1. The van der Waals surface area contributed by atoms with Gasteiger partial charge in [-0.3, -0.25) is 9.59 Å². The normalized spacial score (nSPS) is 19.6. The zero-order chi connectivity index (χ0) is 24.5. The van der Waals surface area contributed by atoms with Gasteiger partial charge >= 0.3 is 0 Å². The Morgan fingerprint density at radius 3 is 2.24 bits per heavy atom. The molecule has 0 aliphatic carbocycles. The average molecular weight is 468 g/mol. The van der Waals surface area contributed by atoms with Crippen LogP contribution in [0.3, 0.4) is 0 Å². The quantitative estimate of drug-likeness (QED) is 0.745. The Balaban J connectivity index is 1.54. The number of benzene rings is 1. The van der Waals surface area contributed by atoms with Crippen LogP contribution in [0.1, 0.15) is 56.6 Å². The summed E-state index contributed by atoms with van der Waals surface area (Å²) in [4.78, 5) is 38.4. The van der Waals surface area contributed by atoms with Gasteiger partial charge in [0.2, 0.25) is 11.8 Å². The molecule has 0 spiro atoms. The van der Waals surface area contributed by atoms with Gasteiger partial charge in [0, 0.05) is 44.6 Å². The molecule has 34 heavy (non-hydrogen) atoms. The maximum atomic E-state index is 14.6. The summed E-state index contributed by atoms with van der Waals surface area (Å²) in [5.74, 6) is 0.908. The fraction of sp³-hybridized carbons (Fsp3) is 0.538. The number of nitrogens with two attached hydrogens (primary N) is 1. The van der Waals surface area contributed by atoms with Gasteiger partial charge in [-0.05, 0) is 50.7 Å². The lowest BCUT2D eigenvalue weighted by molar-refractivity contribution is -0.149. The van der Waals surface area contributed by atoms with Gasteiger partial charge in [0.05, 0.1) is 11.1 Å². The molecule has 2 saturated heterocycles. The molecule has 2 aliphatic rings. The third-order valence-electron chi connectivity index (χ3n) is 7.74. The van der Waals surface area contributed by atoms with E-state index in [0.717, 1.165) is 18.5 Å². The van der Waals surface area contributed by atoms with Crippen LogP contribution >= 0.6 is 0 Å². The first-order valence-corrected chi connectivity index (χ1v) is 12.0. The third-order valence-corrected chi connectivity index (χ3v) is 7.74. The Morgan fingerprint density at radius 1 is 1.03 bits per heavy atom. The van der Waals surface area contributed by atoms with Crippen molar-refractivity contribution < 1.29 is 14.0 Å². The van der Waals surface area contributed by atoms with Crippen molar-refractivity contribution in [1.82, 2.24) is 19.8 Å². The molecule has 0 saturated carbocycles. The summed E-state index contributed by atoms with van der Waals surface area (Å²) in [7, 11) is 0. The second-order valence-corrected chi connectivity index (χ2v) is 10.1. The van der Waals surface area contributed by atoms with Crippen LogP contribution < -0.4 is 5.73 Å². The molecule has 1 aromatic heterocycles. The number of hydrogen-bond acceptors (Lipinski definition) is 5. The van der Waals surface area contributed by atoms with E-state index < -0.39 is 5.41 Å². The fourth-order valence-corrected chi connectivity index (χ4v) is 5.42. The van der Waals surface area contributed by atoms with E-state index in [4.69, 9.17) is 5.73 Å². The minimum Gasteiger partial charge on any atom is -0.384 e. The van der Waals surface area contributed by atoms with Crippen LogP contribution in [0.25, 0.3) is 0 Å². The van der Waals surface area contributed by atoms with Crippen molar-refractivity contribution in [3.8, 4) is 0 Å². The molecular weight excluding hydrogens is 433 g/mol. The Bertz CT molecular complexity index is 1050. The van der Waals surface area contributed by atoms with Crippen molar-refractivity contribution in [1.29, 1.82) is 0 Å². The van der Waals surface area contributed by atoms with Crippen molar-refractivity contribution >= 4 is 17.6 Å². The summed E-state index contributed by atoms with van der Waals surface area (Å²) in [6, 6.07) is 8.51. The van der Waals surface area contributed by atoms with Gasteiger partial charge in [-0.25, -0.2) is 14.4 Å². The zero-order valence-electron chi connectivity index (χ0n) is 20.3. The monoisotopic (exact) mass is 467 g/mol. The number of nitrogen functional groups attached to an aromatic ring is 1. The highest BCUT2D eigenvalue weighted by atomic mass is 19.1. The van der Waals surface area contributed by atoms with E-state index in [0.29, 0.717) is 62.6 Å². The third kappa shape index (κ3) is 4.76.